The van der Waals surface area contributed by atoms with Crippen LogP contribution in [-0.4, -0.2) is 22.6 Å². The number of aliphatic hydroxyl groups is 1. The molecule has 0 radical (unpaired) electrons. The van der Waals surface area contributed by atoms with Gasteiger partial charge in [-0.3, -0.25) is 4.79 Å². The number of ether oxygens (including phenoxy) is 1. The van der Waals surface area contributed by atoms with E-state index in [1.807, 2.05) is 0 Å². The maximum Gasteiger partial charge on any atom is 0.345 e. The molecule has 4 nitrogen and oxygen atoms in total. The monoisotopic (exact) mass is 390 g/mol. The Morgan fingerprint density at radius 1 is 1.15 bits per heavy atom. The molecule has 0 aliphatic heterocycles. The molecule has 0 saturated heterocycles. The molecule has 0 aromatic heterocycles. The highest BCUT2D eigenvalue weighted by Crippen LogP contribution is 2.32. The molecule has 1 fully saturated rings. The summed E-state index contributed by atoms with van der Waals surface area (Å²) < 4.78 is 18.0. The van der Waals surface area contributed by atoms with E-state index < -0.39 is 17.5 Å². The van der Waals surface area contributed by atoms with Crippen LogP contribution in [0.5, 0.6) is 0 Å². The Bertz CT molecular complexity index is 870. The fourth-order valence-electron chi connectivity index (χ4n) is 3.43. The highest BCUT2D eigenvalue weighted by atomic mass is 35.5. The summed E-state index contributed by atoms with van der Waals surface area (Å²) in [5.41, 5.74) is 1.32. The van der Waals surface area contributed by atoms with Crippen LogP contribution >= 0.6 is 11.6 Å². The molecule has 0 heterocycles. The van der Waals surface area contributed by atoms with Gasteiger partial charge in [-0.05, 0) is 73.1 Å². The molecule has 2 aromatic carbocycles. The van der Waals surface area contributed by atoms with E-state index in [2.05, 4.69) is 0 Å². The number of carbonyl (C=O) groups excluding carboxylic acids is 2. The van der Waals surface area contributed by atoms with Crippen LogP contribution in [0, 0.1) is 12.7 Å². The SMILES string of the molecule is Cc1c(-c2ccc(F)cc2)ccc(Cl)c1CC(=O)OC(=O)C1(O)CCCC1. The molecular weight excluding hydrogens is 371 g/mol. The van der Waals surface area contributed by atoms with Gasteiger partial charge in [0.25, 0.3) is 0 Å². The van der Waals surface area contributed by atoms with Crippen molar-refractivity contribution in [3.8, 4) is 11.1 Å². The molecule has 0 amide bonds. The zero-order chi connectivity index (χ0) is 19.6. The molecular formula is C21H20ClFO4. The maximum absolute atomic E-state index is 13.2. The van der Waals surface area contributed by atoms with Crippen LogP contribution in [0.2, 0.25) is 5.02 Å². The molecule has 0 atom stereocenters. The summed E-state index contributed by atoms with van der Waals surface area (Å²) in [5, 5.41) is 10.6. The van der Waals surface area contributed by atoms with Gasteiger partial charge in [0.2, 0.25) is 0 Å². The van der Waals surface area contributed by atoms with Crippen LogP contribution < -0.4 is 0 Å². The van der Waals surface area contributed by atoms with Gasteiger partial charge in [0.05, 0.1) is 6.42 Å². The molecule has 1 N–H and O–H groups in total. The molecule has 3 rings (SSSR count). The number of esters is 2. The second-order valence-electron chi connectivity index (χ2n) is 6.88. The lowest BCUT2D eigenvalue weighted by atomic mass is 9.95. The lowest BCUT2D eigenvalue weighted by Crippen LogP contribution is -2.38. The van der Waals surface area contributed by atoms with Crippen molar-refractivity contribution in [2.75, 3.05) is 0 Å². The van der Waals surface area contributed by atoms with E-state index in [1.165, 1.54) is 12.1 Å². The Hall–Kier alpha value is -2.24. The number of carbonyl (C=O) groups is 2. The van der Waals surface area contributed by atoms with Gasteiger partial charge in [0.15, 0.2) is 5.60 Å². The minimum Gasteiger partial charge on any atom is -0.391 e. The third-order valence-electron chi connectivity index (χ3n) is 5.03. The third kappa shape index (κ3) is 4.20. The minimum absolute atomic E-state index is 0.193. The largest absolute Gasteiger partial charge is 0.391 e. The molecule has 0 spiro atoms. The van der Waals surface area contributed by atoms with Crippen molar-refractivity contribution in [3.63, 3.8) is 0 Å². The molecule has 27 heavy (non-hydrogen) atoms. The van der Waals surface area contributed by atoms with E-state index in [9.17, 15) is 19.1 Å². The van der Waals surface area contributed by atoms with E-state index in [0.29, 0.717) is 23.4 Å². The van der Waals surface area contributed by atoms with Crippen molar-refractivity contribution in [1.29, 1.82) is 0 Å². The molecule has 142 valence electrons. The summed E-state index contributed by atoms with van der Waals surface area (Å²) in [7, 11) is 0. The first-order chi connectivity index (χ1) is 12.8. The van der Waals surface area contributed by atoms with Gasteiger partial charge in [0.1, 0.15) is 5.82 Å². The highest BCUT2D eigenvalue weighted by Gasteiger charge is 2.41. The second-order valence-corrected chi connectivity index (χ2v) is 7.29. The fraction of sp³-hybridized carbons (Fsp3) is 0.333. The molecule has 6 heteroatoms. The Morgan fingerprint density at radius 3 is 2.41 bits per heavy atom. The van der Waals surface area contributed by atoms with Crippen molar-refractivity contribution in [2.24, 2.45) is 0 Å². The Morgan fingerprint density at radius 2 is 1.78 bits per heavy atom. The average molecular weight is 391 g/mol. The number of halogens is 2. The first-order valence-electron chi connectivity index (χ1n) is 8.81. The van der Waals surface area contributed by atoms with E-state index in [0.717, 1.165) is 29.5 Å². The van der Waals surface area contributed by atoms with Crippen LogP contribution in [0.4, 0.5) is 4.39 Å². The van der Waals surface area contributed by atoms with Crippen LogP contribution in [0.15, 0.2) is 36.4 Å². The normalized spacial score (nSPS) is 15.6. The van der Waals surface area contributed by atoms with E-state index in [-0.39, 0.29) is 12.2 Å². The fourth-order valence-corrected chi connectivity index (χ4v) is 3.70. The van der Waals surface area contributed by atoms with Crippen molar-refractivity contribution < 1.29 is 23.8 Å². The molecule has 1 saturated carbocycles. The summed E-state index contributed by atoms with van der Waals surface area (Å²) in [6, 6.07) is 9.46. The number of benzene rings is 2. The smallest absolute Gasteiger partial charge is 0.345 e. The van der Waals surface area contributed by atoms with Gasteiger partial charge in [-0.1, -0.05) is 29.8 Å². The molecule has 0 unspecified atom stereocenters. The molecule has 0 bridgehead atoms. The minimum atomic E-state index is -1.57. The van der Waals surface area contributed by atoms with Gasteiger partial charge in [-0.2, -0.15) is 0 Å². The number of hydrogen-bond acceptors (Lipinski definition) is 4. The Labute approximate surface area is 161 Å². The average Bonchev–Trinajstić information content (AvgIpc) is 3.08. The lowest BCUT2D eigenvalue weighted by molar-refractivity contribution is -0.173. The van der Waals surface area contributed by atoms with Crippen LogP contribution in [0.3, 0.4) is 0 Å². The first kappa shape index (κ1) is 19.5. The second kappa shape index (κ2) is 7.79. The summed E-state index contributed by atoms with van der Waals surface area (Å²) in [5.74, 6) is -1.99. The van der Waals surface area contributed by atoms with E-state index >= 15 is 0 Å². The summed E-state index contributed by atoms with van der Waals surface area (Å²) in [6.45, 7) is 1.81. The summed E-state index contributed by atoms with van der Waals surface area (Å²) in [4.78, 5) is 24.4. The van der Waals surface area contributed by atoms with E-state index in [4.69, 9.17) is 16.3 Å². The molecule has 2 aromatic rings. The van der Waals surface area contributed by atoms with Gasteiger partial charge in [-0.25, -0.2) is 9.18 Å². The predicted octanol–water partition coefficient (Wildman–Crippen LogP) is 4.37. The number of rotatable bonds is 4. The van der Waals surface area contributed by atoms with Crippen molar-refractivity contribution in [2.45, 2.75) is 44.6 Å². The van der Waals surface area contributed by atoms with Crippen molar-refractivity contribution in [1.82, 2.24) is 0 Å². The van der Waals surface area contributed by atoms with Crippen molar-refractivity contribution >= 4 is 23.5 Å². The zero-order valence-electron chi connectivity index (χ0n) is 14.9. The zero-order valence-corrected chi connectivity index (χ0v) is 15.7. The first-order valence-corrected chi connectivity index (χ1v) is 9.19. The third-order valence-corrected chi connectivity index (χ3v) is 5.39. The molecule has 1 aliphatic rings. The number of hydrogen-bond donors (Lipinski definition) is 1. The molecule has 1 aliphatic carbocycles. The predicted molar refractivity (Wildman–Crippen MR) is 99.8 cm³/mol. The standard InChI is InChI=1S/C21H20ClFO4/c1-13-16(14-4-6-15(23)7-5-14)8-9-18(22)17(13)12-19(24)27-20(25)21(26)10-2-3-11-21/h4-9,26H,2-3,10-12H2,1H3. The quantitative estimate of drug-likeness (QED) is 0.622. The van der Waals surface area contributed by atoms with Crippen LogP contribution in [-0.2, 0) is 20.7 Å². The van der Waals surface area contributed by atoms with Gasteiger partial charge in [-0.15, -0.1) is 0 Å². The Kier molecular flexibility index (Phi) is 5.63. The summed E-state index contributed by atoms with van der Waals surface area (Å²) in [6.07, 6.45) is 1.87. The van der Waals surface area contributed by atoms with Gasteiger partial charge >= 0.3 is 11.9 Å². The highest BCUT2D eigenvalue weighted by molar-refractivity contribution is 6.31. The van der Waals surface area contributed by atoms with Crippen molar-refractivity contribution in [3.05, 3.63) is 58.4 Å². The summed E-state index contributed by atoms with van der Waals surface area (Å²) >= 11 is 6.25. The van der Waals surface area contributed by atoms with Gasteiger partial charge < -0.3 is 9.84 Å². The topological polar surface area (TPSA) is 63.6 Å². The van der Waals surface area contributed by atoms with Crippen LogP contribution in [0.25, 0.3) is 11.1 Å². The van der Waals surface area contributed by atoms with E-state index in [1.54, 1.807) is 31.2 Å². The lowest BCUT2D eigenvalue weighted by Gasteiger charge is -2.19. The van der Waals surface area contributed by atoms with Crippen LogP contribution in [0.1, 0.15) is 36.8 Å². The van der Waals surface area contributed by atoms with Gasteiger partial charge in [0, 0.05) is 5.02 Å². The maximum atomic E-state index is 13.2. The Balaban J connectivity index is 1.80.